The molecule has 1 atom stereocenters. The van der Waals surface area contributed by atoms with Crippen LogP contribution in [0.1, 0.15) is 42.9 Å². The van der Waals surface area contributed by atoms with Crippen LogP contribution in [0, 0.1) is 0 Å². The van der Waals surface area contributed by atoms with Gasteiger partial charge in [-0.05, 0) is 49.8 Å². The molecule has 0 amide bonds. The maximum absolute atomic E-state index is 5.06. The molecule has 0 radical (unpaired) electrons. The Balaban J connectivity index is 1.82. The van der Waals surface area contributed by atoms with Crippen molar-refractivity contribution in [1.82, 2.24) is 5.32 Å². The first-order valence-corrected chi connectivity index (χ1v) is 6.72. The van der Waals surface area contributed by atoms with E-state index in [1.807, 2.05) is 0 Å². The van der Waals surface area contributed by atoms with Crippen molar-refractivity contribution in [2.24, 2.45) is 0 Å². The summed E-state index contributed by atoms with van der Waals surface area (Å²) in [6.07, 6.45) is 6.19. The average Bonchev–Trinajstić information content (AvgIpc) is 2.39. The fraction of sp³-hybridized carbons (Fsp3) is 0.600. The van der Waals surface area contributed by atoms with Gasteiger partial charge in [0, 0.05) is 19.8 Å². The molecule has 1 aliphatic carbocycles. The summed E-state index contributed by atoms with van der Waals surface area (Å²) < 4.78 is 5.06. The monoisotopic (exact) mass is 233 g/mol. The first-order chi connectivity index (χ1) is 8.42. The van der Waals surface area contributed by atoms with Gasteiger partial charge in [-0.2, -0.15) is 0 Å². The number of benzene rings is 1. The Morgan fingerprint density at radius 1 is 1.29 bits per heavy atom. The Kier molecular flexibility index (Phi) is 5.02. The van der Waals surface area contributed by atoms with Gasteiger partial charge in [0.1, 0.15) is 0 Å². The third kappa shape index (κ3) is 3.55. The van der Waals surface area contributed by atoms with E-state index in [-0.39, 0.29) is 0 Å². The SMILES string of the molecule is COCCCCNC1CCCc2ccccc21. The van der Waals surface area contributed by atoms with Crippen LogP contribution < -0.4 is 5.32 Å². The fourth-order valence-electron chi connectivity index (χ4n) is 2.61. The number of ether oxygens (including phenoxy) is 1. The summed E-state index contributed by atoms with van der Waals surface area (Å²) in [4.78, 5) is 0. The van der Waals surface area contributed by atoms with Crippen molar-refractivity contribution in [1.29, 1.82) is 0 Å². The molecule has 0 bridgehead atoms. The molecule has 94 valence electrons. The number of hydrogen-bond acceptors (Lipinski definition) is 2. The van der Waals surface area contributed by atoms with Crippen molar-refractivity contribution in [3.8, 4) is 0 Å². The molecule has 0 aromatic heterocycles. The molecule has 17 heavy (non-hydrogen) atoms. The molecule has 1 unspecified atom stereocenters. The van der Waals surface area contributed by atoms with Gasteiger partial charge in [-0.3, -0.25) is 0 Å². The molecule has 0 aliphatic heterocycles. The van der Waals surface area contributed by atoms with E-state index in [1.54, 1.807) is 7.11 Å². The standard InChI is InChI=1S/C15H23NO/c1-17-12-5-4-11-16-15-10-6-8-13-7-2-3-9-14(13)15/h2-3,7,9,15-16H,4-6,8,10-12H2,1H3. The van der Waals surface area contributed by atoms with E-state index in [0.29, 0.717) is 6.04 Å². The molecule has 2 nitrogen and oxygen atoms in total. The van der Waals surface area contributed by atoms with Crippen molar-refractivity contribution in [3.05, 3.63) is 35.4 Å². The fourth-order valence-corrected chi connectivity index (χ4v) is 2.61. The van der Waals surface area contributed by atoms with Crippen LogP contribution in [0.2, 0.25) is 0 Å². The Labute approximate surface area is 104 Å². The maximum atomic E-state index is 5.06. The third-order valence-electron chi connectivity index (χ3n) is 3.54. The summed E-state index contributed by atoms with van der Waals surface area (Å²) in [5.74, 6) is 0. The maximum Gasteiger partial charge on any atom is 0.0462 e. The Morgan fingerprint density at radius 2 is 2.18 bits per heavy atom. The number of methoxy groups -OCH3 is 1. The van der Waals surface area contributed by atoms with Crippen LogP contribution in [-0.4, -0.2) is 20.3 Å². The summed E-state index contributed by atoms with van der Waals surface area (Å²) in [6, 6.07) is 9.43. The van der Waals surface area contributed by atoms with Crippen LogP contribution in [0.25, 0.3) is 0 Å². The van der Waals surface area contributed by atoms with Crippen molar-refractivity contribution >= 4 is 0 Å². The Bertz CT molecular complexity index is 337. The van der Waals surface area contributed by atoms with Crippen molar-refractivity contribution < 1.29 is 4.74 Å². The molecule has 1 aromatic carbocycles. The van der Waals surface area contributed by atoms with Gasteiger partial charge in [0.05, 0.1) is 0 Å². The van der Waals surface area contributed by atoms with E-state index < -0.39 is 0 Å². The number of hydrogen-bond donors (Lipinski definition) is 1. The molecule has 2 heteroatoms. The lowest BCUT2D eigenvalue weighted by Gasteiger charge is -2.26. The second kappa shape index (κ2) is 6.77. The minimum absolute atomic E-state index is 0.572. The van der Waals surface area contributed by atoms with Gasteiger partial charge < -0.3 is 10.1 Å². The molecule has 0 fully saturated rings. The normalized spacial score (nSPS) is 19.0. The van der Waals surface area contributed by atoms with E-state index >= 15 is 0 Å². The van der Waals surface area contributed by atoms with Crippen LogP contribution in [0.4, 0.5) is 0 Å². The minimum atomic E-state index is 0.572. The minimum Gasteiger partial charge on any atom is -0.385 e. The molecule has 0 saturated carbocycles. The van der Waals surface area contributed by atoms with Gasteiger partial charge in [0.25, 0.3) is 0 Å². The lowest BCUT2D eigenvalue weighted by atomic mass is 9.88. The van der Waals surface area contributed by atoms with Gasteiger partial charge in [-0.25, -0.2) is 0 Å². The second-order valence-electron chi connectivity index (χ2n) is 4.80. The summed E-state index contributed by atoms with van der Waals surface area (Å²) in [5.41, 5.74) is 3.05. The summed E-state index contributed by atoms with van der Waals surface area (Å²) in [6.45, 7) is 1.98. The van der Waals surface area contributed by atoms with E-state index in [1.165, 1.54) is 36.8 Å². The smallest absolute Gasteiger partial charge is 0.0462 e. The summed E-state index contributed by atoms with van der Waals surface area (Å²) in [7, 11) is 1.77. The highest BCUT2D eigenvalue weighted by Gasteiger charge is 2.18. The van der Waals surface area contributed by atoms with Gasteiger partial charge >= 0.3 is 0 Å². The average molecular weight is 233 g/mol. The molecule has 2 rings (SSSR count). The van der Waals surface area contributed by atoms with Gasteiger partial charge in [0.2, 0.25) is 0 Å². The number of fused-ring (bicyclic) bond motifs is 1. The number of aryl methyl sites for hydroxylation is 1. The van der Waals surface area contributed by atoms with E-state index in [2.05, 4.69) is 29.6 Å². The highest BCUT2D eigenvalue weighted by molar-refractivity contribution is 5.32. The largest absolute Gasteiger partial charge is 0.385 e. The topological polar surface area (TPSA) is 21.3 Å². The molecule has 1 aliphatic rings. The molecule has 1 N–H and O–H groups in total. The van der Waals surface area contributed by atoms with E-state index in [0.717, 1.165) is 19.6 Å². The van der Waals surface area contributed by atoms with Crippen LogP contribution in [-0.2, 0) is 11.2 Å². The molecule has 0 heterocycles. The van der Waals surface area contributed by atoms with Crippen LogP contribution in [0.15, 0.2) is 24.3 Å². The van der Waals surface area contributed by atoms with Crippen LogP contribution >= 0.6 is 0 Å². The van der Waals surface area contributed by atoms with Crippen molar-refractivity contribution in [3.63, 3.8) is 0 Å². The van der Waals surface area contributed by atoms with Gasteiger partial charge in [0.15, 0.2) is 0 Å². The molecule has 0 spiro atoms. The van der Waals surface area contributed by atoms with Gasteiger partial charge in [-0.15, -0.1) is 0 Å². The highest BCUT2D eigenvalue weighted by Crippen LogP contribution is 2.29. The Hall–Kier alpha value is -0.860. The number of nitrogens with one attached hydrogen (secondary N) is 1. The highest BCUT2D eigenvalue weighted by atomic mass is 16.5. The third-order valence-corrected chi connectivity index (χ3v) is 3.54. The summed E-state index contributed by atoms with van der Waals surface area (Å²) in [5, 5.41) is 3.68. The van der Waals surface area contributed by atoms with Crippen LogP contribution in [0.3, 0.4) is 0 Å². The predicted octanol–water partition coefficient (Wildman–Crippen LogP) is 3.08. The molecule has 1 aromatic rings. The first-order valence-electron chi connectivity index (χ1n) is 6.72. The molecular formula is C15H23NO. The summed E-state index contributed by atoms with van der Waals surface area (Å²) >= 11 is 0. The first kappa shape index (κ1) is 12.6. The van der Waals surface area contributed by atoms with Crippen molar-refractivity contribution in [2.75, 3.05) is 20.3 Å². The van der Waals surface area contributed by atoms with E-state index in [4.69, 9.17) is 4.74 Å². The molecule has 0 saturated heterocycles. The molecular weight excluding hydrogens is 210 g/mol. The zero-order valence-electron chi connectivity index (χ0n) is 10.7. The van der Waals surface area contributed by atoms with Crippen LogP contribution in [0.5, 0.6) is 0 Å². The van der Waals surface area contributed by atoms with E-state index in [9.17, 15) is 0 Å². The lowest BCUT2D eigenvalue weighted by Crippen LogP contribution is -2.26. The second-order valence-corrected chi connectivity index (χ2v) is 4.80. The quantitative estimate of drug-likeness (QED) is 0.762. The lowest BCUT2D eigenvalue weighted by molar-refractivity contribution is 0.192. The zero-order chi connectivity index (χ0) is 11.9. The zero-order valence-corrected chi connectivity index (χ0v) is 10.7. The number of unbranched alkanes of at least 4 members (excludes halogenated alkanes) is 1. The van der Waals surface area contributed by atoms with Gasteiger partial charge in [-0.1, -0.05) is 24.3 Å². The number of rotatable bonds is 6. The van der Waals surface area contributed by atoms with Crippen molar-refractivity contribution in [2.45, 2.75) is 38.1 Å². The Morgan fingerprint density at radius 3 is 3.06 bits per heavy atom. The predicted molar refractivity (Wildman–Crippen MR) is 71.2 cm³/mol.